The van der Waals surface area contributed by atoms with Crippen LogP contribution in [0.15, 0.2) is 17.0 Å². The Hall–Kier alpha value is -1.45. The molecule has 102 valence electrons. The van der Waals surface area contributed by atoms with Crippen molar-refractivity contribution < 1.29 is 12.8 Å². The molecule has 1 N–H and O–H groups in total. The van der Waals surface area contributed by atoms with Gasteiger partial charge in [0.2, 0.25) is 10.0 Å². The van der Waals surface area contributed by atoms with Gasteiger partial charge in [-0.15, -0.1) is 0 Å². The van der Waals surface area contributed by atoms with Crippen LogP contribution in [0, 0.1) is 31.0 Å². The van der Waals surface area contributed by atoms with Crippen LogP contribution in [0.5, 0.6) is 0 Å². The Balaban J connectivity index is 2.44. The number of sulfonamides is 1. The second-order valence-electron chi connectivity index (χ2n) is 5.02. The van der Waals surface area contributed by atoms with Gasteiger partial charge in [0.05, 0.1) is 11.0 Å². The number of nitrogens with zero attached hydrogens (tertiary/aromatic N) is 1. The summed E-state index contributed by atoms with van der Waals surface area (Å²) in [7, 11) is -3.81. The van der Waals surface area contributed by atoms with Crippen LogP contribution in [0.1, 0.15) is 30.4 Å². The second kappa shape index (κ2) is 4.58. The fraction of sp³-hybridized carbons (Fsp3) is 0.462. The molecule has 1 aliphatic carbocycles. The number of nitriles is 1. The van der Waals surface area contributed by atoms with Crippen molar-refractivity contribution in [1.82, 2.24) is 4.72 Å². The summed E-state index contributed by atoms with van der Waals surface area (Å²) in [6.45, 7) is 3.09. The monoisotopic (exact) mass is 282 g/mol. The largest absolute Gasteiger partial charge is 0.242 e. The van der Waals surface area contributed by atoms with Gasteiger partial charge in [0, 0.05) is 0 Å². The predicted molar refractivity (Wildman–Crippen MR) is 68.4 cm³/mol. The van der Waals surface area contributed by atoms with Crippen molar-refractivity contribution in [3.63, 3.8) is 0 Å². The van der Waals surface area contributed by atoms with Crippen LogP contribution in [0.3, 0.4) is 0 Å². The molecular weight excluding hydrogens is 267 g/mol. The lowest BCUT2D eigenvalue weighted by Gasteiger charge is -2.35. The van der Waals surface area contributed by atoms with Crippen LogP contribution in [0.25, 0.3) is 0 Å². The zero-order valence-electron chi connectivity index (χ0n) is 10.8. The number of halogens is 1. The van der Waals surface area contributed by atoms with Crippen LogP contribution in [0.4, 0.5) is 4.39 Å². The Labute approximate surface area is 112 Å². The maximum Gasteiger partial charge on any atom is 0.242 e. The lowest BCUT2D eigenvalue weighted by molar-refractivity contribution is 0.296. The molecule has 0 aliphatic heterocycles. The van der Waals surface area contributed by atoms with E-state index in [0.29, 0.717) is 24.0 Å². The molecule has 1 aliphatic rings. The highest BCUT2D eigenvalue weighted by Gasteiger charge is 2.41. The number of hydrogen-bond donors (Lipinski definition) is 1. The van der Waals surface area contributed by atoms with Crippen LogP contribution >= 0.6 is 0 Å². The third-order valence-electron chi connectivity index (χ3n) is 3.44. The van der Waals surface area contributed by atoms with E-state index in [-0.39, 0.29) is 4.90 Å². The summed E-state index contributed by atoms with van der Waals surface area (Å²) in [4.78, 5) is 0.0652. The van der Waals surface area contributed by atoms with Crippen molar-refractivity contribution in [2.75, 3.05) is 0 Å². The molecule has 1 aromatic carbocycles. The van der Waals surface area contributed by atoms with Gasteiger partial charge in [0.25, 0.3) is 0 Å². The SMILES string of the molecule is Cc1cc(F)cc(C)c1S(=O)(=O)NC1(C#N)CCC1. The molecular formula is C13H15FN2O2S. The Bertz CT molecular complexity index is 635. The van der Waals surface area contributed by atoms with Crippen molar-refractivity contribution in [3.05, 3.63) is 29.1 Å². The highest BCUT2D eigenvalue weighted by molar-refractivity contribution is 7.89. The summed E-state index contributed by atoms with van der Waals surface area (Å²) >= 11 is 0. The number of benzene rings is 1. The van der Waals surface area contributed by atoms with Gasteiger partial charge >= 0.3 is 0 Å². The summed E-state index contributed by atoms with van der Waals surface area (Å²) in [5, 5.41) is 9.09. The minimum atomic E-state index is -3.81. The first-order valence-corrected chi connectivity index (χ1v) is 7.50. The number of rotatable bonds is 3. The molecule has 1 saturated carbocycles. The zero-order valence-corrected chi connectivity index (χ0v) is 11.6. The standard InChI is InChI=1S/C13H15FN2O2S/c1-9-6-11(14)7-10(2)12(9)19(17,18)16-13(8-15)4-3-5-13/h6-7,16H,3-5H2,1-2H3. The van der Waals surface area contributed by atoms with Crippen molar-refractivity contribution in [2.24, 2.45) is 0 Å². The molecule has 0 radical (unpaired) electrons. The summed E-state index contributed by atoms with van der Waals surface area (Å²) in [6, 6.07) is 4.39. The second-order valence-corrected chi connectivity index (χ2v) is 6.64. The van der Waals surface area contributed by atoms with Crippen LogP contribution in [-0.4, -0.2) is 14.0 Å². The van der Waals surface area contributed by atoms with Gasteiger partial charge in [0.15, 0.2) is 0 Å². The van der Waals surface area contributed by atoms with Crippen molar-refractivity contribution in [2.45, 2.75) is 43.5 Å². The number of aryl methyl sites for hydroxylation is 2. The molecule has 0 bridgehead atoms. The van der Waals surface area contributed by atoms with Gasteiger partial charge in [0.1, 0.15) is 11.4 Å². The molecule has 4 nitrogen and oxygen atoms in total. The fourth-order valence-electron chi connectivity index (χ4n) is 2.40. The maximum atomic E-state index is 13.2. The van der Waals surface area contributed by atoms with Gasteiger partial charge in [-0.25, -0.2) is 12.8 Å². The van der Waals surface area contributed by atoms with E-state index in [0.717, 1.165) is 6.42 Å². The van der Waals surface area contributed by atoms with Gasteiger partial charge in [-0.3, -0.25) is 0 Å². The molecule has 0 saturated heterocycles. The molecule has 6 heteroatoms. The van der Waals surface area contributed by atoms with Crippen LogP contribution in [-0.2, 0) is 10.0 Å². The smallest absolute Gasteiger partial charge is 0.207 e. The lowest BCUT2D eigenvalue weighted by Crippen LogP contribution is -2.52. The van der Waals surface area contributed by atoms with Crippen LogP contribution in [0.2, 0.25) is 0 Å². The quantitative estimate of drug-likeness (QED) is 0.923. The molecule has 0 aromatic heterocycles. The number of nitrogens with one attached hydrogen (secondary N) is 1. The minimum absolute atomic E-state index is 0.0652. The minimum Gasteiger partial charge on any atom is -0.207 e. The zero-order chi connectivity index (χ0) is 14.3. The van der Waals surface area contributed by atoms with Crippen molar-refractivity contribution in [1.29, 1.82) is 5.26 Å². The number of hydrogen-bond acceptors (Lipinski definition) is 3. The first-order chi connectivity index (χ1) is 8.80. The molecule has 0 heterocycles. The summed E-state index contributed by atoms with van der Waals surface area (Å²) < 4.78 is 40.4. The highest BCUT2D eigenvalue weighted by Crippen LogP contribution is 2.33. The van der Waals surface area contributed by atoms with Gasteiger partial charge in [-0.2, -0.15) is 9.98 Å². The Morgan fingerprint density at radius 2 is 1.84 bits per heavy atom. The molecule has 19 heavy (non-hydrogen) atoms. The maximum absolute atomic E-state index is 13.2. The normalized spacial score (nSPS) is 17.6. The molecule has 0 spiro atoms. The van der Waals surface area contributed by atoms with Crippen LogP contribution < -0.4 is 4.72 Å². The average molecular weight is 282 g/mol. The van der Waals surface area contributed by atoms with Crippen molar-refractivity contribution >= 4 is 10.0 Å². The predicted octanol–water partition coefficient (Wildman–Crippen LogP) is 2.17. The third-order valence-corrected chi connectivity index (χ3v) is 5.29. The molecule has 0 amide bonds. The van der Waals surface area contributed by atoms with E-state index in [1.54, 1.807) is 13.8 Å². The first kappa shape index (κ1) is 14.0. The summed E-state index contributed by atoms with van der Waals surface area (Å²) in [6.07, 6.45) is 1.86. The Morgan fingerprint density at radius 1 is 1.32 bits per heavy atom. The molecule has 2 rings (SSSR count). The van der Waals surface area contributed by atoms with E-state index in [1.165, 1.54) is 12.1 Å². The molecule has 0 unspecified atom stereocenters. The first-order valence-electron chi connectivity index (χ1n) is 6.02. The van der Waals surface area contributed by atoms with Gasteiger partial charge in [-0.05, 0) is 56.4 Å². The Morgan fingerprint density at radius 3 is 2.21 bits per heavy atom. The van der Waals surface area contributed by atoms with Crippen molar-refractivity contribution in [3.8, 4) is 6.07 Å². The Kier molecular flexibility index (Phi) is 3.37. The van der Waals surface area contributed by atoms with E-state index in [2.05, 4.69) is 4.72 Å². The van der Waals surface area contributed by atoms with E-state index in [1.807, 2.05) is 6.07 Å². The van der Waals surface area contributed by atoms with Gasteiger partial charge < -0.3 is 0 Å². The average Bonchev–Trinajstić information content (AvgIpc) is 2.21. The van der Waals surface area contributed by atoms with E-state index < -0.39 is 21.4 Å². The molecule has 1 fully saturated rings. The topological polar surface area (TPSA) is 70.0 Å². The summed E-state index contributed by atoms with van der Waals surface area (Å²) in [5.74, 6) is -0.465. The summed E-state index contributed by atoms with van der Waals surface area (Å²) in [5.41, 5.74) is -0.304. The van der Waals surface area contributed by atoms with E-state index in [9.17, 15) is 12.8 Å². The van der Waals surface area contributed by atoms with E-state index in [4.69, 9.17) is 5.26 Å². The molecule has 1 aromatic rings. The molecule has 0 atom stereocenters. The third kappa shape index (κ3) is 2.48. The lowest BCUT2D eigenvalue weighted by atomic mass is 9.79. The van der Waals surface area contributed by atoms with E-state index >= 15 is 0 Å². The van der Waals surface area contributed by atoms with Gasteiger partial charge in [-0.1, -0.05) is 0 Å². The fourth-order valence-corrected chi connectivity index (χ4v) is 4.23. The highest BCUT2D eigenvalue weighted by atomic mass is 32.2.